The fourth-order valence-electron chi connectivity index (χ4n) is 6.60. The van der Waals surface area contributed by atoms with Gasteiger partial charge in [0.2, 0.25) is 16.6 Å². The SMILES string of the molecule is CC(C)(C)[Si](C)(C)Oc1cccc(Nc2ncnc3cc(-c4ccc(CC(=O)O)cc4)sc23)c1.COC(=O)Cc1ccc(-c2cc3ncnc(Nc4cccc(O[Si](C)(C)C(C)(C)C)c4)c3s2)cc1. The maximum absolute atomic E-state index is 11.5. The lowest BCUT2D eigenvalue weighted by atomic mass is 10.1. The summed E-state index contributed by atoms with van der Waals surface area (Å²) in [6, 6.07) is 35.7. The molecule has 0 fully saturated rings. The largest absolute Gasteiger partial charge is 0.543 e. The van der Waals surface area contributed by atoms with Gasteiger partial charge in [-0.05, 0) is 94.9 Å². The van der Waals surface area contributed by atoms with Gasteiger partial charge in [0.05, 0.1) is 40.4 Å². The van der Waals surface area contributed by atoms with Gasteiger partial charge in [-0.1, -0.05) is 102 Å². The molecule has 0 unspecified atom stereocenters. The molecule has 69 heavy (non-hydrogen) atoms. The van der Waals surface area contributed by atoms with Gasteiger partial charge in [-0.15, -0.1) is 22.7 Å². The number of esters is 1. The van der Waals surface area contributed by atoms with E-state index in [-0.39, 0.29) is 28.9 Å². The van der Waals surface area contributed by atoms with Gasteiger partial charge in [0.1, 0.15) is 24.2 Å². The monoisotopic (exact) mass is 996 g/mol. The van der Waals surface area contributed by atoms with E-state index in [2.05, 4.69) is 104 Å². The number of methoxy groups -OCH3 is 1. The minimum atomic E-state index is -1.94. The Labute approximate surface area is 414 Å². The number of fused-ring (bicyclic) bond motifs is 2. The van der Waals surface area contributed by atoms with Crippen LogP contribution < -0.4 is 19.5 Å². The summed E-state index contributed by atoms with van der Waals surface area (Å²) in [7, 11) is -2.47. The van der Waals surface area contributed by atoms with E-state index in [1.165, 1.54) is 7.11 Å². The van der Waals surface area contributed by atoms with Crippen LogP contribution in [0.3, 0.4) is 0 Å². The number of thiophene rings is 2. The number of benzene rings is 4. The Kier molecular flexibility index (Phi) is 15.1. The van der Waals surface area contributed by atoms with Gasteiger partial charge in [-0.25, -0.2) is 19.9 Å². The minimum absolute atomic E-state index is 0.0183. The topological polar surface area (TPSA) is 158 Å². The molecule has 358 valence electrons. The van der Waals surface area contributed by atoms with Gasteiger partial charge in [0.25, 0.3) is 0 Å². The highest BCUT2D eigenvalue weighted by atomic mass is 32.1. The summed E-state index contributed by atoms with van der Waals surface area (Å²) in [6.45, 7) is 22.4. The number of rotatable bonds is 14. The van der Waals surface area contributed by atoms with Crippen LogP contribution in [0.2, 0.25) is 36.3 Å². The van der Waals surface area contributed by atoms with Crippen molar-refractivity contribution in [3.05, 3.63) is 133 Å². The smallest absolute Gasteiger partial charge is 0.309 e. The number of aromatic nitrogens is 4. The molecule has 0 bridgehead atoms. The Morgan fingerprint density at radius 3 is 1.36 bits per heavy atom. The number of anilines is 4. The first-order valence-corrected chi connectivity index (χ1v) is 30.1. The zero-order chi connectivity index (χ0) is 49.7. The Bertz CT molecular complexity index is 3090. The third-order valence-corrected chi connectivity index (χ3v) is 23.7. The molecule has 0 saturated heterocycles. The average molecular weight is 997 g/mol. The first-order chi connectivity index (χ1) is 32.6. The lowest BCUT2D eigenvalue weighted by Gasteiger charge is -2.36. The highest BCUT2D eigenvalue weighted by molar-refractivity contribution is 7.23. The molecule has 12 nitrogen and oxygen atoms in total. The number of carbonyl (C=O) groups is 2. The number of ether oxygens (including phenoxy) is 1. The minimum Gasteiger partial charge on any atom is -0.543 e. The molecule has 0 aliphatic heterocycles. The molecule has 0 spiro atoms. The third-order valence-electron chi connectivity index (χ3n) is 12.6. The number of hydrogen-bond acceptors (Lipinski definition) is 13. The van der Waals surface area contributed by atoms with Gasteiger partial charge in [0.15, 0.2) is 11.6 Å². The van der Waals surface area contributed by atoms with Gasteiger partial charge in [0, 0.05) is 33.3 Å². The highest BCUT2D eigenvalue weighted by Gasteiger charge is 2.40. The Balaban J connectivity index is 0.000000204. The van der Waals surface area contributed by atoms with Crippen molar-refractivity contribution in [1.29, 1.82) is 0 Å². The molecule has 0 aliphatic carbocycles. The second kappa shape index (κ2) is 20.6. The highest BCUT2D eigenvalue weighted by Crippen LogP contribution is 2.41. The number of carbonyl (C=O) groups excluding carboxylic acids is 1. The molecular weight excluding hydrogens is 937 g/mol. The van der Waals surface area contributed by atoms with Crippen LogP contribution in [0.1, 0.15) is 52.7 Å². The molecule has 4 aromatic carbocycles. The quantitative estimate of drug-likeness (QED) is 0.0701. The molecule has 0 radical (unpaired) electrons. The van der Waals surface area contributed by atoms with Crippen molar-refractivity contribution in [1.82, 2.24) is 19.9 Å². The molecule has 3 N–H and O–H groups in total. The van der Waals surface area contributed by atoms with Crippen molar-refractivity contribution in [2.24, 2.45) is 0 Å². The number of aliphatic carboxylic acids is 1. The van der Waals surface area contributed by atoms with Crippen LogP contribution in [0.25, 0.3) is 41.3 Å². The van der Waals surface area contributed by atoms with Crippen LogP contribution in [0.15, 0.2) is 122 Å². The second-order valence-corrected chi connectivity index (χ2v) is 31.4. The number of nitrogens with zero attached hydrogens (tertiary/aromatic N) is 4. The molecule has 0 saturated carbocycles. The number of carboxylic acid groups (broad SMARTS) is 1. The van der Waals surface area contributed by atoms with E-state index in [0.717, 1.165) is 87.0 Å². The van der Waals surface area contributed by atoms with Crippen molar-refractivity contribution in [3.8, 4) is 32.4 Å². The summed E-state index contributed by atoms with van der Waals surface area (Å²) in [4.78, 5) is 42.5. The van der Waals surface area contributed by atoms with Gasteiger partial charge in [-0.3, -0.25) is 9.59 Å². The van der Waals surface area contributed by atoms with Crippen molar-refractivity contribution in [2.75, 3.05) is 17.7 Å². The zero-order valence-electron chi connectivity index (χ0n) is 41.1. The van der Waals surface area contributed by atoms with Crippen LogP contribution in [0, 0.1) is 0 Å². The van der Waals surface area contributed by atoms with Crippen molar-refractivity contribution < 1.29 is 28.3 Å². The third kappa shape index (κ3) is 12.6. The first kappa shape index (κ1) is 50.4. The Hall–Kier alpha value is -6.47. The second-order valence-electron chi connectivity index (χ2n) is 19.8. The van der Waals surface area contributed by atoms with Crippen LogP contribution >= 0.6 is 22.7 Å². The van der Waals surface area contributed by atoms with Crippen molar-refractivity contribution in [3.63, 3.8) is 0 Å². The van der Waals surface area contributed by atoms with E-state index >= 15 is 0 Å². The lowest BCUT2D eigenvalue weighted by Crippen LogP contribution is -2.43. The van der Waals surface area contributed by atoms with E-state index in [1.807, 2.05) is 103 Å². The Morgan fingerprint density at radius 2 is 0.986 bits per heavy atom. The number of hydrogen-bond donors (Lipinski definition) is 3. The molecule has 0 atom stereocenters. The van der Waals surface area contributed by atoms with Gasteiger partial charge >= 0.3 is 11.9 Å². The predicted molar refractivity (Wildman–Crippen MR) is 288 cm³/mol. The van der Waals surface area contributed by atoms with E-state index in [1.54, 1.807) is 35.3 Å². The molecule has 8 rings (SSSR count). The fraction of sp³-hybridized carbons (Fsp3) is 0.283. The van der Waals surface area contributed by atoms with Crippen LogP contribution in [-0.4, -0.2) is 60.7 Å². The van der Waals surface area contributed by atoms with Crippen LogP contribution in [0.5, 0.6) is 11.5 Å². The summed E-state index contributed by atoms with van der Waals surface area (Å²) in [5.41, 5.74) is 7.36. The van der Waals surface area contributed by atoms with Crippen molar-refractivity contribution in [2.45, 2.75) is 90.6 Å². The Morgan fingerprint density at radius 1 is 0.580 bits per heavy atom. The molecule has 0 amide bonds. The van der Waals surface area contributed by atoms with Gasteiger partial charge < -0.3 is 29.3 Å². The van der Waals surface area contributed by atoms with Gasteiger partial charge in [-0.2, -0.15) is 0 Å². The summed E-state index contributed by atoms with van der Waals surface area (Å²) in [6.07, 6.45) is 3.43. The van der Waals surface area contributed by atoms with E-state index in [0.29, 0.717) is 0 Å². The molecule has 4 heterocycles. The maximum Gasteiger partial charge on any atom is 0.309 e. The number of carboxylic acids is 1. The molecule has 0 aliphatic rings. The molecule has 8 aromatic rings. The summed E-state index contributed by atoms with van der Waals surface area (Å²) >= 11 is 3.24. The normalized spacial score (nSPS) is 12.0. The number of nitrogens with one attached hydrogen (secondary N) is 2. The summed E-state index contributed by atoms with van der Waals surface area (Å²) < 4.78 is 19.6. The molecule has 16 heteroatoms. The van der Waals surface area contributed by atoms with Crippen LogP contribution in [-0.2, 0) is 27.2 Å². The van der Waals surface area contributed by atoms with E-state index < -0.39 is 22.6 Å². The molecular formula is C53H60N6O6S2Si2. The summed E-state index contributed by atoms with van der Waals surface area (Å²) in [5, 5.41) is 16.1. The maximum atomic E-state index is 11.5. The van der Waals surface area contributed by atoms with Crippen molar-refractivity contribution >= 4 is 94.7 Å². The standard InChI is InChI=1S/C27H31N3O3SSi.C26H29N3O3SSi/c1-27(2,3)35(5,6)33-21-9-7-8-20(15-21)30-26-25-22(28-17-29-26)16-23(34-25)19-12-10-18(11-13-19)14-24(31)32-4;1-26(2,3)34(4,5)32-20-8-6-7-19(14-20)29-25-24-21(27-16-28-25)15-22(33-24)18-11-9-17(10-12-18)13-23(30)31/h7-13,15-17H,14H2,1-6H3,(H,28,29,30);6-12,14-16H,13H2,1-5H3,(H,30,31)(H,27,28,29). The molecule has 4 aromatic heterocycles. The first-order valence-electron chi connectivity index (χ1n) is 22.7. The summed E-state index contributed by atoms with van der Waals surface area (Å²) in [5.74, 6) is 2.15. The fourth-order valence-corrected chi connectivity index (χ4v) is 10.8. The van der Waals surface area contributed by atoms with Crippen LogP contribution in [0.4, 0.5) is 23.0 Å². The lowest BCUT2D eigenvalue weighted by molar-refractivity contribution is -0.140. The van der Waals surface area contributed by atoms with E-state index in [4.69, 9.17) is 18.7 Å². The predicted octanol–water partition coefficient (Wildman–Crippen LogP) is 14.3. The van der Waals surface area contributed by atoms with E-state index in [9.17, 15) is 9.59 Å². The average Bonchev–Trinajstić information content (AvgIpc) is 3.93. The zero-order valence-corrected chi connectivity index (χ0v) is 44.7.